The van der Waals surface area contributed by atoms with Crippen molar-refractivity contribution in [2.24, 2.45) is 0 Å². The number of rotatable bonds is 4. The fourth-order valence-electron chi connectivity index (χ4n) is 3.40. The van der Waals surface area contributed by atoms with Gasteiger partial charge < -0.3 is 10.2 Å². The summed E-state index contributed by atoms with van der Waals surface area (Å²) in [7, 11) is 0. The molecule has 6 heteroatoms. The van der Waals surface area contributed by atoms with E-state index in [2.05, 4.69) is 27.5 Å². The highest BCUT2D eigenvalue weighted by Crippen LogP contribution is 2.24. The van der Waals surface area contributed by atoms with Crippen molar-refractivity contribution in [1.29, 1.82) is 0 Å². The summed E-state index contributed by atoms with van der Waals surface area (Å²) in [6.45, 7) is 7.95. The third-order valence-corrected chi connectivity index (χ3v) is 5.78. The van der Waals surface area contributed by atoms with Crippen LogP contribution in [0.25, 0.3) is 0 Å². The van der Waals surface area contributed by atoms with Gasteiger partial charge in [-0.15, -0.1) is 11.3 Å². The highest BCUT2D eigenvalue weighted by molar-refractivity contribution is 7.09. The summed E-state index contributed by atoms with van der Waals surface area (Å²) >= 11 is 1.67. The molecule has 0 radical (unpaired) electrons. The predicted molar refractivity (Wildman–Crippen MR) is 89.3 cm³/mol. The van der Waals surface area contributed by atoms with Crippen LogP contribution in [0.3, 0.4) is 0 Å². The smallest absolute Gasteiger partial charge is 0.317 e. The maximum atomic E-state index is 12.1. The number of carbonyl (C=O) groups excluding carboxylic acids is 1. The van der Waals surface area contributed by atoms with Crippen LogP contribution in [0, 0.1) is 6.92 Å². The van der Waals surface area contributed by atoms with Gasteiger partial charge in [-0.25, -0.2) is 9.78 Å². The Morgan fingerprint density at radius 3 is 2.95 bits per heavy atom. The van der Waals surface area contributed by atoms with E-state index in [9.17, 15) is 4.79 Å². The topological polar surface area (TPSA) is 48.5 Å². The summed E-state index contributed by atoms with van der Waals surface area (Å²) in [5.74, 6) is 0. The summed E-state index contributed by atoms with van der Waals surface area (Å²) in [5, 5.41) is 6.16. The molecule has 1 aromatic heterocycles. The zero-order valence-electron chi connectivity index (χ0n) is 13.5. The number of hydrogen-bond donors (Lipinski definition) is 1. The molecule has 0 saturated carbocycles. The maximum Gasteiger partial charge on any atom is 0.317 e. The summed E-state index contributed by atoms with van der Waals surface area (Å²) in [4.78, 5) is 21.0. The van der Waals surface area contributed by atoms with Gasteiger partial charge in [0.2, 0.25) is 0 Å². The first kappa shape index (κ1) is 15.7. The molecule has 1 aromatic rings. The fourth-order valence-corrected chi connectivity index (χ4v) is 4.18. The molecule has 2 aliphatic rings. The molecule has 0 aliphatic carbocycles. The molecular weight excluding hydrogens is 296 g/mol. The zero-order valence-corrected chi connectivity index (χ0v) is 14.4. The van der Waals surface area contributed by atoms with E-state index in [0.717, 1.165) is 30.2 Å². The third-order valence-electron chi connectivity index (χ3n) is 4.75. The van der Waals surface area contributed by atoms with Gasteiger partial charge in [0.05, 0.1) is 5.01 Å². The van der Waals surface area contributed by atoms with Crippen molar-refractivity contribution in [1.82, 2.24) is 20.1 Å². The minimum absolute atomic E-state index is 0.0780. The summed E-state index contributed by atoms with van der Waals surface area (Å²) in [5.41, 5.74) is 1.06. The molecule has 1 N–H and O–H groups in total. The van der Waals surface area contributed by atoms with Crippen LogP contribution in [-0.2, 0) is 6.42 Å². The van der Waals surface area contributed by atoms with Gasteiger partial charge in [-0.3, -0.25) is 4.90 Å². The maximum absolute atomic E-state index is 12.1. The van der Waals surface area contributed by atoms with Crippen LogP contribution >= 0.6 is 11.3 Å². The monoisotopic (exact) mass is 322 g/mol. The number of nitrogens with zero attached hydrogens (tertiary/aromatic N) is 3. The lowest BCUT2D eigenvalue weighted by molar-refractivity contribution is 0.0170. The van der Waals surface area contributed by atoms with Gasteiger partial charge in [-0.2, -0.15) is 0 Å². The van der Waals surface area contributed by atoms with Gasteiger partial charge >= 0.3 is 6.03 Å². The molecule has 122 valence electrons. The van der Waals surface area contributed by atoms with Gasteiger partial charge in [0.25, 0.3) is 0 Å². The molecule has 22 heavy (non-hydrogen) atoms. The Morgan fingerprint density at radius 2 is 2.27 bits per heavy atom. The highest BCUT2D eigenvalue weighted by atomic mass is 32.1. The Labute approximate surface area is 136 Å². The Bertz CT molecular complexity index is 512. The molecule has 2 saturated heterocycles. The largest absolute Gasteiger partial charge is 0.338 e. The molecule has 0 bridgehead atoms. The standard InChI is InChI=1S/C16H26N4OS/c1-12-11-22-15(18-12)6-7-17-16(21)19-9-14(10-19)20-8-4-3-5-13(20)2/h11,13-14H,3-10H2,1-2H3,(H,17,21)/t13-/m0/s1. The minimum Gasteiger partial charge on any atom is -0.338 e. The van der Waals surface area contributed by atoms with Crippen LogP contribution in [0.5, 0.6) is 0 Å². The van der Waals surface area contributed by atoms with Gasteiger partial charge in [-0.1, -0.05) is 6.42 Å². The van der Waals surface area contributed by atoms with Crippen molar-refractivity contribution < 1.29 is 4.79 Å². The summed E-state index contributed by atoms with van der Waals surface area (Å²) < 4.78 is 0. The molecule has 0 unspecified atom stereocenters. The van der Waals surface area contributed by atoms with Crippen molar-refractivity contribution in [3.63, 3.8) is 0 Å². The van der Waals surface area contributed by atoms with Gasteiger partial charge in [-0.05, 0) is 33.2 Å². The molecule has 2 fully saturated rings. The van der Waals surface area contributed by atoms with Crippen molar-refractivity contribution in [3.8, 4) is 0 Å². The number of piperidine rings is 1. The molecular formula is C16H26N4OS. The number of aryl methyl sites for hydroxylation is 1. The molecule has 0 spiro atoms. The molecule has 2 amide bonds. The van der Waals surface area contributed by atoms with E-state index in [1.807, 2.05) is 11.8 Å². The average molecular weight is 322 g/mol. The molecule has 2 aliphatic heterocycles. The molecule has 1 atom stereocenters. The minimum atomic E-state index is 0.0780. The Balaban J connectivity index is 1.36. The number of nitrogens with one attached hydrogen (secondary N) is 1. The second kappa shape index (κ2) is 6.96. The van der Waals surface area contributed by atoms with Crippen LogP contribution in [0.1, 0.15) is 36.9 Å². The number of likely N-dealkylation sites (tertiary alicyclic amines) is 2. The zero-order chi connectivity index (χ0) is 15.5. The van der Waals surface area contributed by atoms with E-state index in [1.54, 1.807) is 11.3 Å². The Hall–Kier alpha value is -1.14. The summed E-state index contributed by atoms with van der Waals surface area (Å²) in [6, 6.07) is 1.33. The van der Waals surface area contributed by atoms with E-state index in [0.29, 0.717) is 18.6 Å². The average Bonchev–Trinajstić information content (AvgIpc) is 2.85. The predicted octanol–water partition coefficient (Wildman–Crippen LogP) is 2.26. The molecule has 5 nitrogen and oxygen atoms in total. The normalized spacial score (nSPS) is 23.4. The number of hydrogen-bond acceptors (Lipinski definition) is 4. The SMILES string of the molecule is Cc1csc(CCNC(=O)N2CC(N3CCCC[C@@H]3C)C2)n1. The fraction of sp³-hybridized carbons (Fsp3) is 0.750. The van der Waals surface area contributed by atoms with Crippen molar-refractivity contribution >= 4 is 17.4 Å². The first-order valence-electron chi connectivity index (χ1n) is 8.33. The molecule has 0 aromatic carbocycles. The lowest BCUT2D eigenvalue weighted by Gasteiger charge is -2.49. The highest BCUT2D eigenvalue weighted by Gasteiger charge is 2.37. The Kier molecular flexibility index (Phi) is 4.98. The van der Waals surface area contributed by atoms with E-state index in [-0.39, 0.29) is 6.03 Å². The van der Waals surface area contributed by atoms with E-state index in [1.165, 1.54) is 25.8 Å². The van der Waals surface area contributed by atoms with E-state index < -0.39 is 0 Å². The second-order valence-corrected chi connectivity index (χ2v) is 7.45. The first-order chi connectivity index (χ1) is 10.6. The summed E-state index contributed by atoms with van der Waals surface area (Å²) in [6.07, 6.45) is 4.78. The van der Waals surface area contributed by atoms with Crippen LogP contribution in [0.2, 0.25) is 0 Å². The van der Waals surface area contributed by atoms with Gasteiger partial charge in [0.1, 0.15) is 0 Å². The first-order valence-corrected chi connectivity index (χ1v) is 9.21. The second-order valence-electron chi connectivity index (χ2n) is 6.51. The quantitative estimate of drug-likeness (QED) is 0.925. The van der Waals surface area contributed by atoms with Crippen LogP contribution in [0.15, 0.2) is 5.38 Å². The number of carbonyl (C=O) groups is 1. The molecule has 3 rings (SSSR count). The Morgan fingerprint density at radius 1 is 1.45 bits per heavy atom. The number of thiazole rings is 1. The van der Waals surface area contributed by atoms with E-state index in [4.69, 9.17) is 0 Å². The van der Waals surface area contributed by atoms with Gasteiger partial charge in [0.15, 0.2) is 0 Å². The van der Waals surface area contributed by atoms with Crippen molar-refractivity contribution in [2.75, 3.05) is 26.2 Å². The lowest BCUT2D eigenvalue weighted by Crippen LogP contribution is -2.65. The van der Waals surface area contributed by atoms with Gasteiger partial charge in [0, 0.05) is 49.2 Å². The number of amides is 2. The van der Waals surface area contributed by atoms with Crippen LogP contribution in [0.4, 0.5) is 4.79 Å². The number of urea groups is 1. The number of aromatic nitrogens is 1. The van der Waals surface area contributed by atoms with E-state index >= 15 is 0 Å². The third kappa shape index (κ3) is 3.60. The van der Waals surface area contributed by atoms with Crippen molar-refractivity contribution in [2.45, 2.75) is 51.6 Å². The lowest BCUT2D eigenvalue weighted by atomic mass is 9.98. The van der Waals surface area contributed by atoms with Crippen LogP contribution < -0.4 is 5.32 Å². The van der Waals surface area contributed by atoms with Crippen molar-refractivity contribution in [3.05, 3.63) is 16.1 Å². The van der Waals surface area contributed by atoms with Crippen LogP contribution in [-0.4, -0.2) is 59.1 Å². The molecule has 3 heterocycles.